The van der Waals surface area contributed by atoms with Crippen molar-refractivity contribution in [3.8, 4) is 0 Å². The quantitative estimate of drug-likeness (QED) is 0.828. The van der Waals surface area contributed by atoms with Crippen LogP contribution in [0.4, 0.5) is 4.39 Å². The molecule has 1 saturated heterocycles. The van der Waals surface area contributed by atoms with E-state index in [9.17, 15) is 14.0 Å². The molecule has 0 N–H and O–H groups in total. The molecule has 0 aromatic heterocycles. The third kappa shape index (κ3) is 2.53. The van der Waals surface area contributed by atoms with Crippen LogP contribution < -0.4 is 0 Å². The molecular weight excluding hydrogens is 259 g/mol. The summed E-state index contributed by atoms with van der Waals surface area (Å²) >= 11 is 0. The Morgan fingerprint density at radius 1 is 1.35 bits per heavy atom. The summed E-state index contributed by atoms with van der Waals surface area (Å²) in [5.41, 5.74) is 0.406. The predicted octanol–water partition coefficient (Wildman–Crippen LogP) is 1.82. The van der Waals surface area contributed by atoms with Crippen molar-refractivity contribution in [2.45, 2.75) is 18.9 Å². The summed E-state index contributed by atoms with van der Waals surface area (Å²) in [4.78, 5) is 27.2. The van der Waals surface area contributed by atoms with Gasteiger partial charge in [-0.3, -0.25) is 9.59 Å². The van der Waals surface area contributed by atoms with Gasteiger partial charge in [-0.15, -0.1) is 0 Å². The molecule has 5 heteroatoms. The molecule has 2 unspecified atom stereocenters. The second-order valence-corrected chi connectivity index (χ2v) is 5.35. The van der Waals surface area contributed by atoms with E-state index >= 15 is 0 Å². The number of benzene rings is 1. The van der Waals surface area contributed by atoms with Crippen molar-refractivity contribution < 1.29 is 14.0 Å². The molecule has 0 bridgehead atoms. The summed E-state index contributed by atoms with van der Waals surface area (Å²) in [5, 5.41) is 0. The second kappa shape index (κ2) is 5.61. The van der Waals surface area contributed by atoms with Crippen molar-refractivity contribution in [2.75, 3.05) is 21.1 Å². The van der Waals surface area contributed by atoms with Crippen LogP contribution in [-0.2, 0) is 9.59 Å². The van der Waals surface area contributed by atoms with Gasteiger partial charge < -0.3 is 9.80 Å². The monoisotopic (exact) mass is 278 g/mol. The van der Waals surface area contributed by atoms with Crippen molar-refractivity contribution >= 4 is 11.8 Å². The third-order valence-electron chi connectivity index (χ3n) is 3.84. The Bertz CT molecular complexity index is 530. The van der Waals surface area contributed by atoms with Crippen LogP contribution in [-0.4, -0.2) is 42.8 Å². The average Bonchev–Trinajstić information content (AvgIpc) is 2.42. The molecule has 1 fully saturated rings. The molecule has 1 heterocycles. The number of rotatable bonds is 2. The average molecular weight is 278 g/mol. The maximum absolute atomic E-state index is 14.0. The molecule has 0 spiro atoms. The minimum Gasteiger partial charge on any atom is -0.349 e. The minimum atomic E-state index is -0.535. The molecular formula is C15H19FN2O2. The van der Waals surface area contributed by atoms with E-state index in [0.717, 1.165) is 0 Å². The molecule has 20 heavy (non-hydrogen) atoms. The zero-order valence-corrected chi connectivity index (χ0v) is 12.0. The summed E-state index contributed by atoms with van der Waals surface area (Å²) in [5.74, 6) is -0.904. The van der Waals surface area contributed by atoms with Crippen molar-refractivity contribution in [1.29, 1.82) is 0 Å². The van der Waals surface area contributed by atoms with Gasteiger partial charge in [0.15, 0.2) is 0 Å². The van der Waals surface area contributed by atoms with E-state index in [4.69, 9.17) is 0 Å². The highest BCUT2D eigenvalue weighted by atomic mass is 19.1. The SMILES string of the molecule is CN(C)C(=O)C1CCC(=O)N(C)C1c1ccccc1F. The fraction of sp³-hybridized carbons (Fsp3) is 0.467. The number of nitrogens with zero attached hydrogens (tertiary/aromatic N) is 2. The number of carbonyl (C=O) groups excluding carboxylic acids is 2. The van der Waals surface area contributed by atoms with E-state index < -0.39 is 12.0 Å². The van der Waals surface area contributed by atoms with E-state index in [-0.39, 0.29) is 17.6 Å². The number of halogens is 1. The van der Waals surface area contributed by atoms with Gasteiger partial charge in [-0.25, -0.2) is 4.39 Å². The van der Waals surface area contributed by atoms with Gasteiger partial charge in [0.25, 0.3) is 0 Å². The lowest BCUT2D eigenvalue weighted by Gasteiger charge is -2.39. The molecule has 4 nitrogen and oxygen atoms in total. The van der Waals surface area contributed by atoms with Crippen molar-refractivity contribution in [3.05, 3.63) is 35.6 Å². The number of piperidine rings is 1. The Balaban J connectivity index is 2.44. The fourth-order valence-electron chi connectivity index (χ4n) is 2.77. The molecule has 0 saturated carbocycles. The van der Waals surface area contributed by atoms with E-state index in [0.29, 0.717) is 18.4 Å². The fourth-order valence-corrected chi connectivity index (χ4v) is 2.77. The number of hydrogen-bond donors (Lipinski definition) is 0. The van der Waals surface area contributed by atoms with Gasteiger partial charge in [0.2, 0.25) is 11.8 Å². The highest BCUT2D eigenvalue weighted by Gasteiger charge is 2.40. The predicted molar refractivity (Wildman–Crippen MR) is 73.3 cm³/mol. The Morgan fingerprint density at radius 2 is 2.00 bits per heavy atom. The van der Waals surface area contributed by atoms with Crippen LogP contribution in [0.1, 0.15) is 24.4 Å². The van der Waals surface area contributed by atoms with Crippen LogP contribution in [0.2, 0.25) is 0 Å². The molecule has 2 rings (SSSR count). The number of hydrogen-bond acceptors (Lipinski definition) is 2. The summed E-state index contributed by atoms with van der Waals surface area (Å²) < 4.78 is 14.0. The van der Waals surface area contributed by atoms with Gasteiger partial charge in [-0.2, -0.15) is 0 Å². The lowest BCUT2D eigenvalue weighted by molar-refractivity contribution is -0.145. The molecule has 1 aromatic rings. The summed E-state index contributed by atoms with van der Waals surface area (Å²) in [7, 11) is 4.99. The highest BCUT2D eigenvalue weighted by molar-refractivity contribution is 5.84. The first-order valence-corrected chi connectivity index (χ1v) is 6.64. The Hall–Kier alpha value is -1.91. The smallest absolute Gasteiger partial charge is 0.227 e. The minimum absolute atomic E-state index is 0.0546. The van der Waals surface area contributed by atoms with Crippen LogP contribution in [0.25, 0.3) is 0 Å². The lowest BCUT2D eigenvalue weighted by Crippen LogP contribution is -2.46. The largest absolute Gasteiger partial charge is 0.349 e. The normalized spacial score (nSPS) is 22.8. The van der Waals surface area contributed by atoms with Gasteiger partial charge in [0, 0.05) is 33.1 Å². The van der Waals surface area contributed by atoms with Crippen LogP contribution >= 0.6 is 0 Å². The second-order valence-electron chi connectivity index (χ2n) is 5.35. The Labute approximate surface area is 118 Å². The van der Waals surface area contributed by atoms with E-state index in [1.54, 1.807) is 39.3 Å². The molecule has 2 amide bonds. The highest BCUT2D eigenvalue weighted by Crippen LogP contribution is 2.37. The molecule has 2 atom stereocenters. The Morgan fingerprint density at radius 3 is 2.60 bits per heavy atom. The first-order chi connectivity index (χ1) is 9.43. The maximum Gasteiger partial charge on any atom is 0.227 e. The molecule has 0 radical (unpaired) electrons. The van der Waals surface area contributed by atoms with Crippen molar-refractivity contribution in [3.63, 3.8) is 0 Å². The van der Waals surface area contributed by atoms with Gasteiger partial charge in [-0.05, 0) is 12.5 Å². The molecule has 108 valence electrons. The summed E-state index contributed by atoms with van der Waals surface area (Å²) in [6.07, 6.45) is 0.783. The van der Waals surface area contributed by atoms with Crippen LogP contribution in [0.5, 0.6) is 0 Å². The lowest BCUT2D eigenvalue weighted by atomic mass is 9.83. The summed E-state index contributed by atoms with van der Waals surface area (Å²) in [6.45, 7) is 0. The molecule has 1 aliphatic rings. The van der Waals surface area contributed by atoms with Crippen molar-refractivity contribution in [1.82, 2.24) is 9.80 Å². The van der Waals surface area contributed by atoms with Gasteiger partial charge >= 0.3 is 0 Å². The van der Waals surface area contributed by atoms with Gasteiger partial charge in [0.1, 0.15) is 5.82 Å². The first-order valence-electron chi connectivity index (χ1n) is 6.64. The van der Waals surface area contributed by atoms with Crippen molar-refractivity contribution in [2.24, 2.45) is 5.92 Å². The van der Waals surface area contributed by atoms with Gasteiger partial charge in [-0.1, -0.05) is 18.2 Å². The van der Waals surface area contributed by atoms with E-state index in [2.05, 4.69) is 0 Å². The summed E-state index contributed by atoms with van der Waals surface area (Å²) in [6, 6.07) is 5.80. The molecule has 0 aliphatic carbocycles. The first kappa shape index (κ1) is 14.5. The van der Waals surface area contributed by atoms with Crippen LogP contribution in [0.3, 0.4) is 0 Å². The maximum atomic E-state index is 14.0. The number of amides is 2. The van der Waals surface area contributed by atoms with E-state index in [1.165, 1.54) is 15.9 Å². The Kier molecular flexibility index (Phi) is 4.06. The zero-order chi connectivity index (χ0) is 14.9. The van der Waals surface area contributed by atoms with Gasteiger partial charge in [0.05, 0.1) is 12.0 Å². The third-order valence-corrected chi connectivity index (χ3v) is 3.84. The van der Waals surface area contributed by atoms with E-state index in [1.807, 2.05) is 0 Å². The standard InChI is InChI=1S/C15H19FN2O2/c1-17(2)15(20)11-8-9-13(19)18(3)14(11)10-6-4-5-7-12(10)16/h4-7,11,14H,8-9H2,1-3H3. The topological polar surface area (TPSA) is 40.6 Å². The molecule has 1 aromatic carbocycles. The number of likely N-dealkylation sites (tertiary alicyclic amines) is 1. The zero-order valence-electron chi connectivity index (χ0n) is 12.0. The molecule has 1 aliphatic heterocycles. The van der Waals surface area contributed by atoms with Crippen LogP contribution in [0, 0.1) is 11.7 Å². The number of carbonyl (C=O) groups is 2. The van der Waals surface area contributed by atoms with Crippen LogP contribution in [0.15, 0.2) is 24.3 Å².